The molecule has 0 N–H and O–H groups in total. The van der Waals surface area contributed by atoms with Crippen LogP contribution in [0.5, 0.6) is 5.88 Å². The number of aryl methyl sites for hydroxylation is 1. The van der Waals surface area contributed by atoms with Gasteiger partial charge in [0.15, 0.2) is 0 Å². The number of ether oxygens (including phenoxy) is 1. The van der Waals surface area contributed by atoms with E-state index in [0.29, 0.717) is 16.3 Å². The Hall–Kier alpha value is -2.73. The molecule has 0 atom stereocenters. The van der Waals surface area contributed by atoms with Gasteiger partial charge in [0.25, 0.3) is 5.56 Å². The summed E-state index contributed by atoms with van der Waals surface area (Å²) in [5.74, 6) is -0.532. The highest BCUT2D eigenvalue weighted by Crippen LogP contribution is 2.22. The summed E-state index contributed by atoms with van der Waals surface area (Å²) in [6.45, 7) is 1.93. The van der Waals surface area contributed by atoms with Gasteiger partial charge in [0.05, 0.1) is 24.9 Å². The first-order valence-electron chi connectivity index (χ1n) is 7.52. The van der Waals surface area contributed by atoms with E-state index in [2.05, 4.69) is 10.1 Å². The molecule has 3 aromatic rings. The maximum atomic E-state index is 14.2. The fraction of sp³-hybridized carbons (Fsp3) is 0.167. The van der Waals surface area contributed by atoms with Crippen LogP contribution in [0.15, 0.2) is 47.3 Å². The highest BCUT2D eigenvalue weighted by molar-refractivity contribution is 6.30. The van der Waals surface area contributed by atoms with Crippen molar-refractivity contribution in [1.29, 1.82) is 0 Å². The van der Waals surface area contributed by atoms with Gasteiger partial charge in [0.2, 0.25) is 11.8 Å². The number of pyridine rings is 1. The van der Waals surface area contributed by atoms with E-state index in [-0.39, 0.29) is 23.5 Å². The number of hydrogen-bond acceptors (Lipinski definition) is 4. The second-order valence-electron chi connectivity index (χ2n) is 5.49. The van der Waals surface area contributed by atoms with Crippen LogP contribution in [0.25, 0.3) is 11.3 Å². The second-order valence-corrected chi connectivity index (χ2v) is 5.93. The molecule has 2 aromatic heterocycles. The molecule has 0 aliphatic carbocycles. The van der Waals surface area contributed by atoms with Crippen LogP contribution in [-0.4, -0.2) is 21.9 Å². The van der Waals surface area contributed by atoms with Crippen molar-refractivity contribution in [3.63, 3.8) is 0 Å². The summed E-state index contributed by atoms with van der Waals surface area (Å²) >= 11 is 5.88. The quantitative estimate of drug-likeness (QED) is 0.669. The fourth-order valence-electron chi connectivity index (χ4n) is 2.40. The molecular weight excluding hydrogens is 345 g/mol. The van der Waals surface area contributed by atoms with Crippen LogP contribution in [0.1, 0.15) is 11.1 Å². The second kappa shape index (κ2) is 7.03. The molecule has 7 heteroatoms. The van der Waals surface area contributed by atoms with E-state index in [4.69, 9.17) is 16.3 Å². The number of aromatic nitrogens is 3. The van der Waals surface area contributed by atoms with Crippen LogP contribution < -0.4 is 10.3 Å². The molecule has 0 aliphatic heterocycles. The number of hydrogen-bond donors (Lipinski definition) is 0. The molecule has 0 bridgehead atoms. The Balaban J connectivity index is 2.03. The van der Waals surface area contributed by atoms with Gasteiger partial charge in [-0.15, -0.1) is 0 Å². The Labute approximate surface area is 148 Å². The van der Waals surface area contributed by atoms with Gasteiger partial charge in [0, 0.05) is 16.7 Å². The van der Waals surface area contributed by atoms with E-state index < -0.39 is 5.95 Å². The van der Waals surface area contributed by atoms with Crippen molar-refractivity contribution in [2.45, 2.75) is 13.5 Å². The predicted molar refractivity (Wildman–Crippen MR) is 93.5 cm³/mol. The molecule has 5 nitrogen and oxygen atoms in total. The molecule has 0 amide bonds. The number of halogens is 2. The molecule has 0 spiro atoms. The SMILES string of the molecule is COc1ccc(-c2cc(C)c(=O)n(Cc3ccc(Cl)cc3)n2)c(F)n1. The van der Waals surface area contributed by atoms with Gasteiger partial charge in [-0.1, -0.05) is 23.7 Å². The highest BCUT2D eigenvalue weighted by atomic mass is 35.5. The third kappa shape index (κ3) is 3.69. The van der Waals surface area contributed by atoms with Gasteiger partial charge in [-0.2, -0.15) is 14.5 Å². The maximum Gasteiger partial charge on any atom is 0.270 e. The molecule has 0 aliphatic rings. The summed E-state index contributed by atoms with van der Waals surface area (Å²) in [4.78, 5) is 16.1. The minimum Gasteiger partial charge on any atom is -0.481 e. The smallest absolute Gasteiger partial charge is 0.270 e. The normalized spacial score (nSPS) is 10.7. The zero-order chi connectivity index (χ0) is 18.0. The Bertz CT molecular complexity index is 971. The molecule has 0 radical (unpaired) electrons. The van der Waals surface area contributed by atoms with Crippen molar-refractivity contribution < 1.29 is 9.13 Å². The third-order valence-electron chi connectivity index (χ3n) is 3.71. The van der Waals surface area contributed by atoms with Crippen molar-refractivity contribution in [1.82, 2.24) is 14.8 Å². The number of nitrogens with zero attached hydrogens (tertiary/aromatic N) is 3. The lowest BCUT2D eigenvalue weighted by molar-refractivity contribution is 0.388. The van der Waals surface area contributed by atoms with Gasteiger partial charge in [-0.3, -0.25) is 4.79 Å². The van der Waals surface area contributed by atoms with E-state index in [1.165, 1.54) is 17.9 Å². The number of rotatable bonds is 4. The van der Waals surface area contributed by atoms with E-state index >= 15 is 0 Å². The molecule has 0 saturated heterocycles. The summed E-state index contributed by atoms with van der Waals surface area (Å²) in [7, 11) is 1.41. The topological polar surface area (TPSA) is 57.0 Å². The molecule has 3 rings (SSSR count). The van der Waals surface area contributed by atoms with Crippen LogP contribution in [0.2, 0.25) is 5.02 Å². The predicted octanol–water partition coefficient (Wildman–Crippen LogP) is 3.46. The van der Waals surface area contributed by atoms with Crippen molar-refractivity contribution in [2.24, 2.45) is 0 Å². The number of methoxy groups -OCH3 is 1. The minimum absolute atomic E-state index is 0.174. The maximum absolute atomic E-state index is 14.2. The van der Waals surface area contributed by atoms with Crippen LogP contribution in [0.3, 0.4) is 0 Å². The summed E-state index contributed by atoms with van der Waals surface area (Å²) in [5, 5.41) is 4.90. The Morgan fingerprint density at radius 1 is 1.20 bits per heavy atom. The molecule has 0 saturated carbocycles. The average molecular weight is 360 g/mol. The van der Waals surface area contributed by atoms with Gasteiger partial charge in [-0.25, -0.2) is 4.68 Å². The summed E-state index contributed by atoms with van der Waals surface area (Å²) in [5.41, 5.74) is 1.63. The lowest BCUT2D eigenvalue weighted by Crippen LogP contribution is -2.26. The van der Waals surface area contributed by atoms with Crippen LogP contribution in [0, 0.1) is 12.9 Å². The first kappa shape index (κ1) is 17.1. The Morgan fingerprint density at radius 2 is 1.92 bits per heavy atom. The van der Waals surface area contributed by atoms with Crippen molar-refractivity contribution in [3.8, 4) is 17.1 Å². The third-order valence-corrected chi connectivity index (χ3v) is 3.96. The monoisotopic (exact) mass is 359 g/mol. The first-order chi connectivity index (χ1) is 12.0. The minimum atomic E-state index is -0.706. The zero-order valence-corrected chi connectivity index (χ0v) is 14.4. The largest absolute Gasteiger partial charge is 0.481 e. The fourth-order valence-corrected chi connectivity index (χ4v) is 2.52. The van der Waals surface area contributed by atoms with Gasteiger partial charge < -0.3 is 4.74 Å². The summed E-state index contributed by atoms with van der Waals surface area (Å²) in [6, 6.07) is 11.7. The van der Waals surface area contributed by atoms with Crippen molar-refractivity contribution in [2.75, 3.05) is 7.11 Å². The Kier molecular flexibility index (Phi) is 4.81. The first-order valence-corrected chi connectivity index (χ1v) is 7.90. The van der Waals surface area contributed by atoms with Crippen molar-refractivity contribution in [3.05, 3.63) is 74.9 Å². The highest BCUT2D eigenvalue weighted by Gasteiger charge is 2.13. The molecule has 128 valence electrons. The zero-order valence-electron chi connectivity index (χ0n) is 13.7. The molecule has 0 fully saturated rings. The van der Waals surface area contributed by atoms with Crippen LogP contribution in [-0.2, 0) is 6.54 Å². The lowest BCUT2D eigenvalue weighted by Gasteiger charge is -2.10. The van der Waals surface area contributed by atoms with Gasteiger partial charge in [0.1, 0.15) is 0 Å². The van der Waals surface area contributed by atoms with E-state index in [1.54, 1.807) is 31.2 Å². The Morgan fingerprint density at radius 3 is 2.56 bits per heavy atom. The molecular formula is C18H15ClFN3O2. The summed E-state index contributed by atoms with van der Waals surface area (Å²) in [6.07, 6.45) is 0. The van der Waals surface area contributed by atoms with Crippen molar-refractivity contribution >= 4 is 11.6 Å². The van der Waals surface area contributed by atoms with Gasteiger partial charge in [-0.05, 0) is 36.8 Å². The van der Waals surface area contributed by atoms with E-state index in [9.17, 15) is 9.18 Å². The van der Waals surface area contributed by atoms with Crippen LogP contribution in [0.4, 0.5) is 4.39 Å². The molecule has 2 heterocycles. The van der Waals surface area contributed by atoms with Gasteiger partial charge >= 0.3 is 0 Å². The summed E-state index contributed by atoms with van der Waals surface area (Å²) < 4.78 is 20.4. The standard InChI is InChI=1S/C18H15ClFN3O2/c1-11-9-15(14-7-8-16(25-2)21-17(14)20)22-23(18(11)24)10-12-3-5-13(19)6-4-12/h3-9H,10H2,1-2H3. The van der Waals surface area contributed by atoms with E-state index in [1.807, 2.05) is 12.1 Å². The average Bonchev–Trinajstić information content (AvgIpc) is 2.60. The molecule has 1 aromatic carbocycles. The lowest BCUT2D eigenvalue weighted by atomic mass is 10.1. The molecule has 25 heavy (non-hydrogen) atoms. The molecule has 0 unspecified atom stereocenters. The van der Waals surface area contributed by atoms with E-state index in [0.717, 1.165) is 5.56 Å². The van der Waals surface area contributed by atoms with Crippen LogP contribution >= 0.6 is 11.6 Å². The number of benzene rings is 1.